The van der Waals surface area contributed by atoms with Crippen molar-refractivity contribution in [3.63, 3.8) is 0 Å². The number of hydrogen-bond donors (Lipinski definition) is 3. The number of carbonyl (C=O) groups is 3. The Kier molecular flexibility index (Phi) is 5.63. The molecule has 1 aromatic carbocycles. The van der Waals surface area contributed by atoms with E-state index in [9.17, 15) is 19.5 Å². The Morgan fingerprint density at radius 3 is 2.28 bits per heavy atom. The summed E-state index contributed by atoms with van der Waals surface area (Å²) in [6.07, 6.45) is 9.71. The van der Waals surface area contributed by atoms with Gasteiger partial charge >= 0.3 is 5.97 Å². The van der Waals surface area contributed by atoms with Crippen molar-refractivity contribution in [2.75, 3.05) is 10.6 Å². The van der Waals surface area contributed by atoms with E-state index in [1.807, 2.05) is 12.2 Å². The van der Waals surface area contributed by atoms with Crippen molar-refractivity contribution in [2.45, 2.75) is 38.5 Å². The molecule has 6 nitrogen and oxygen atoms in total. The first-order chi connectivity index (χ1) is 13.9. The van der Waals surface area contributed by atoms with Crippen LogP contribution in [0.25, 0.3) is 0 Å². The smallest absolute Gasteiger partial charge is 0.307 e. The molecule has 3 aliphatic carbocycles. The molecule has 29 heavy (non-hydrogen) atoms. The van der Waals surface area contributed by atoms with Crippen molar-refractivity contribution >= 4 is 40.8 Å². The van der Waals surface area contributed by atoms with Gasteiger partial charge in [-0.15, -0.1) is 0 Å². The highest BCUT2D eigenvalue weighted by molar-refractivity contribution is 6.34. The number of nitrogens with one attached hydrogen (secondary N) is 2. The summed E-state index contributed by atoms with van der Waals surface area (Å²) in [6.45, 7) is 0. The second kappa shape index (κ2) is 8.19. The van der Waals surface area contributed by atoms with Crippen LogP contribution < -0.4 is 10.6 Å². The maximum atomic E-state index is 12.8. The molecule has 0 radical (unpaired) electrons. The molecule has 0 aromatic heterocycles. The van der Waals surface area contributed by atoms with Gasteiger partial charge in [-0.1, -0.05) is 43.0 Å². The molecule has 3 N–H and O–H groups in total. The molecule has 0 saturated heterocycles. The summed E-state index contributed by atoms with van der Waals surface area (Å²) < 4.78 is 0. The Balaban J connectivity index is 1.41. The van der Waals surface area contributed by atoms with Gasteiger partial charge in [-0.3, -0.25) is 14.4 Å². The average Bonchev–Trinajstić information content (AvgIpc) is 3.32. The molecule has 7 heteroatoms. The van der Waals surface area contributed by atoms with E-state index in [4.69, 9.17) is 11.6 Å². The fourth-order valence-electron chi connectivity index (χ4n) is 5.04. The van der Waals surface area contributed by atoms with Crippen molar-refractivity contribution in [2.24, 2.45) is 29.6 Å². The SMILES string of the molecule is O=C(Nc1ccc(NC(=O)[C@H]2[C@@H](C(=O)O)[C@H]3C=C[C@H]2C3)cc1Cl)C1CCCCC1. The first kappa shape index (κ1) is 20.0. The molecule has 2 amide bonds. The number of benzene rings is 1. The highest BCUT2D eigenvalue weighted by Crippen LogP contribution is 2.48. The second-order valence-electron chi connectivity index (χ2n) is 8.35. The van der Waals surface area contributed by atoms with Crippen LogP contribution in [0.4, 0.5) is 11.4 Å². The third-order valence-corrected chi connectivity index (χ3v) is 6.83. The van der Waals surface area contributed by atoms with E-state index in [2.05, 4.69) is 10.6 Å². The lowest BCUT2D eigenvalue weighted by Gasteiger charge is -2.24. The van der Waals surface area contributed by atoms with Crippen molar-refractivity contribution in [1.82, 2.24) is 0 Å². The molecule has 2 fully saturated rings. The number of carboxylic acids is 1. The summed E-state index contributed by atoms with van der Waals surface area (Å²) in [6, 6.07) is 4.95. The van der Waals surface area contributed by atoms with E-state index in [0.29, 0.717) is 22.8 Å². The van der Waals surface area contributed by atoms with E-state index in [1.165, 1.54) is 6.42 Å². The van der Waals surface area contributed by atoms with Crippen molar-refractivity contribution in [3.05, 3.63) is 35.4 Å². The number of rotatable bonds is 5. The summed E-state index contributed by atoms with van der Waals surface area (Å²) in [7, 11) is 0. The molecule has 4 rings (SSSR count). The number of halogens is 1. The average molecular weight is 417 g/mol. The second-order valence-corrected chi connectivity index (χ2v) is 8.75. The van der Waals surface area contributed by atoms with Gasteiger partial charge in [0, 0.05) is 11.6 Å². The molecule has 0 unspecified atom stereocenters. The van der Waals surface area contributed by atoms with Gasteiger partial charge in [0.2, 0.25) is 11.8 Å². The topological polar surface area (TPSA) is 95.5 Å². The quantitative estimate of drug-likeness (QED) is 0.623. The van der Waals surface area contributed by atoms with Crippen molar-refractivity contribution < 1.29 is 19.5 Å². The van der Waals surface area contributed by atoms with Gasteiger partial charge in [0.25, 0.3) is 0 Å². The largest absolute Gasteiger partial charge is 0.481 e. The van der Waals surface area contributed by atoms with Crippen LogP contribution in [0, 0.1) is 29.6 Å². The summed E-state index contributed by atoms with van der Waals surface area (Å²) in [5, 5.41) is 15.6. The van der Waals surface area contributed by atoms with Crippen LogP contribution in [0.2, 0.25) is 5.02 Å². The van der Waals surface area contributed by atoms with E-state index in [0.717, 1.165) is 25.7 Å². The number of aliphatic carboxylic acids is 1. The summed E-state index contributed by atoms with van der Waals surface area (Å²) >= 11 is 6.33. The number of carbonyl (C=O) groups excluding carboxylic acids is 2. The van der Waals surface area contributed by atoms with Gasteiger partial charge in [-0.25, -0.2) is 0 Å². The first-order valence-corrected chi connectivity index (χ1v) is 10.6. The monoisotopic (exact) mass is 416 g/mol. The predicted molar refractivity (Wildman–Crippen MR) is 111 cm³/mol. The van der Waals surface area contributed by atoms with Crippen LogP contribution in [0.5, 0.6) is 0 Å². The Labute approximate surface area is 174 Å². The van der Waals surface area contributed by atoms with E-state index in [-0.39, 0.29) is 29.6 Å². The third kappa shape index (κ3) is 4.04. The Morgan fingerprint density at radius 2 is 1.62 bits per heavy atom. The van der Waals surface area contributed by atoms with Crippen LogP contribution in [-0.4, -0.2) is 22.9 Å². The van der Waals surface area contributed by atoms with Gasteiger partial charge in [0.05, 0.1) is 22.5 Å². The predicted octanol–water partition coefficient (Wildman–Crippen LogP) is 4.32. The highest BCUT2D eigenvalue weighted by Gasteiger charge is 2.51. The van der Waals surface area contributed by atoms with Crippen molar-refractivity contribution in [3.8, 4) is 0 Å². The highest BCUT2D eigenvalue weighted by atomic mass is 35.5. The number of carboxylic acid groups (broad SMARTS) is 1. The summed E-state index contributed by atoms with van der Waals surface area (Å²) in [5.74, 6) is -2.59. The molecule has 2 bridgehead atoms. The number of fused-ring (bicyclic) bond motifs is 2. The van der Waals surface area contributed by atoms with Gasteiger partial charge in [-0.2, -0.15) is 0 Å². The molecule has 3 aliphatic rings. The zero-order valence-electron chi connectivity index (χ0n) is 16.1. The van der Waals surface area contributed by atoms with Gasteiger partial charge in [0.1, 0.15) is 0 Å². The molecular weight excluding hydrogens is 392 g/mol. The van der Waals surface area contributed by atoms with Crippen LogP contribution in [0.1, 0.15) is 38.5 Å². The van der Waals surface area contributed by atoms with Crippen LogP contribution in [-0.2, 0) is 14.4 Å². The van der Waals surface area contributed by atoms with Crippen LogP contribution in [0.15, 0.2) is 30.4 Å². The van der Waals surface area contributed by atoms with Gasteiger partial charge in [0.15, 0.2) is 0 Å². The fourth-order valence-corrected chi connectivity index (χ4v) is 5.26. The van der Waals surface area contributed by atoms with Crippen molar-refractivity contribution in [1.29, 1.82) is 0 Å². The van der Waals surface area contributed by atoms with Gasteiger partial charge in [-0.05, 0) is 49.3 Å². The molecule has 0 heterocycles. The molecule has 0 spiro atoms. The molecule has 0 aliphatic heterocycles. The Morgan fingerprint density at radius 1 is 0.931 bits per heavy atom. The van der Waals surface area contributed by atoms with Crippen LogP contribution >= 0.6 is 11.6 Å². The lowest BCUT2D eigenvalue weighted by atomic mass is 9.82. The Bertz CT molecular complexity index is 862. The molecular formula is C22H25ClN2O4. The zero-order chi connectivity index (χ0) is 20.5. The molecule has 154 valence electrons. The number of anilines is 2. The minimum Gasteiger partial charge on any atom is -0.481 e. The maximum Gasteiger partial charge on any atom is 0.307 e. The van der Waals surface area contributed by atoms with Gasteiger partial charge < -0.3 is 15.7 Å². The molecule has 2 saturated carbocycles. The summed E-state index contributed by atoms with van der Waals surface area (Å²) in [5.41, 5.74) is 1.01. The van der Waals surface area contributed by atoms with E-state index >= 15 is 0 Å². The zero-order valence-corrected chi connectivity index (χ0v) is 16.8. The first-order valence-electron chi connectivity index (χ1n) is 10.3. The lowest BCUT2D eigenvalue weighted by Crippen LogP contribution is -2.36. The van der Waals surface area contributed by atoms with E-state index in [1.54, 1.807) is 18.2 Å². The normalized spacial score (nSPS) is 28.3. The van der Waals surface area contributed by atoms with Crippen LogP contribution in [0.3, 0.4) is 0 Å². The number of hydrogen-bond acceptors (Lipinski definition) is 3. The number of amides is 2. The van der Waals surface area contributed by atoms with E-state index < -0.39 is 17.8 Å². The standard InChI is InChI=1S/C22H25ClN2O4/c23-16-11-15(8-9-17(16)25-20(26)12-4-2-1-3-5-12)24-21(27)18-13-6-7-14(10-13)19(18)22(28)29/h6-9,11-14,18-19H,1-5,10H2,(H,24,27)(H,25,26)(H,28,29)/t13-,14-,18+,19-/m0/s1. The maximum absolute atomic E-state index is 12.8. The lowest BCUT2D eigenvalue weighted by molar-refractivity contribution is -0.146. The minimum atomic E-state index is -0.930. The third-order valence-electron chi connectivity index (χ3n) is 6.52. The minimum absolute atomic E-state index is 0.0125. The number of allylic oxidation sites excluding steroid dienone is 2. The molecule has 1 aromatic rings. The fraction of sp³-hybridized carbons (Fsp3) is 0.500. The molecule has 4 atom stereocenters. The summed E-state index contributed by atoms with van der Waals surface area (Å²) in [4.78, 5) is 36.8. The Hall–Kier alpha value is -2.34.